The van der Waals surface area contributed by atoms with Gasteiger partial charge in [-0.3, -0.25) is 0 Å². The fraction of sp³-hybridized carbons (Fsp3) is 0.353. The molecule has 9 heteroatoms. The number of para-hydroxylation sites is 1. The van der Waals surface area contributed by atoms with Crippen LogP contribution >= 0.6 is 11.8 Å². The Morgan fingerprint density at radius 3 is 2.58 bits per heavy atom. The molecule has 1 fully saturated rings. The predicted molar refractivity (Wildman–Crippen MR) is 101 cm³/mol. The van der Waals surface area contributed by atoms with E-state index >= 15 is 0 Å². The fourth-order valence-corrected chi connectivity index (χ4v) is 3.23. The second-order valence-electron chi connectivity index (χ2n) is 6.37. The Balaban J connectivity index is 1.56. The van der Waals surface area contributed by atoms with E-state index in [0.717, 1.165) is 16.7 Å². The molecule has 8 nitrogen and oxygen atoms in total. The van der Waals surface area contributed by atoms with E-state index in [4.69, 9.17) is 15.8 Å². The Kier molecular flexibility index (Phi) is 4.46. The summed E-state index contributed by atoms with van der Waals surface area (Å²) in [5, 5.41) is 5.42. The molecular weight excluding hydrogens is 348 g/mol. The van der Waals surface area contributed by atoms with Gasteiger partial charge in [-0.15, -0.1) is 5.10 Å². The van der Waals surface area contributed by atoms with Crippen LogP contribution < -0.4 is 10.6 Å². The molecule has 0 radical (unpaired) electrons. The molecule has 0 bridgehead atoms. The van der Waals surface area contributed by atoms with E-state index in [-0.39, 0.29) is 5.95 Å². The molecule has 26 heavy (non-hydrogen) atoms. The summed E-state index contributed by atoms with van der Waals surface area (Å²) < 4.78 is 1.95. The molecule has 2 aromatic heterocycles. The van der Waals surface area contributed by atoms with Crippen molar-refractivity contribution in [2.45, 2.75) is 29.7 Å². The SMILES string of the molecule is CN(C)c1nc(N)nc(CSc2nc(C3CC3)n(-c3ccccc3)n2)n1. The van der Waals surface area contributed by atoms with Crippen LogP contribution in [0.15, 0.2) is 35.5 Å². The smallest absolute Gasteiger partial charge is 0.229 e. The van der Waals surface area contributed by atoms with Crippen LogP contribution in [0.1, 0.15) is 30.4 Å². The first kappa shape index (κ1) is 16.8. The second-order valence-corrected chi connectivity index (χ2v) is 7.31. The van der Waals surface area contributed by atoms with Gasteiger partial charge < -0.3 is 10.6 Å². The van der Waals surface area contributed by atoms with E-state index in [1.807, 2.05) is 49.1 Å². The first-order valence-electron chi connectivity index (χ1n) is 8.43. The molecular formula is C17H20N8S. The zero-order chi connectivity index (χ0) is 18.1. The molecule has 2 N–H and O–H groups in total. The van der Waals surface area contributed by atoms with Crippen LogP contribution in [0.4, 0.5) is 11.9 Å². The zero-order valence-electron chi connectivity index (χ0n) is 14.7. The first-order valence-corrected chi connectivity index (χ1v) is 9.41. The summed E-state index contributed by atoms with van der Waals surface area (Å²) in [7, 11) is 3.74. The highest BCUT2D eigenvalue weighted by Gasteiger charge is 2.30. The summed E-state index contributed by atoms with van der Waals surface area (Å²) in [6.45, 7) is 0. The largest absolute Gasteiger partial charge is 0.368 e. The molecule has 0 amide bonds. The van der Waals surface area contributed by atoms with Crippen LogP contribution in [0, 0.1) is 0 Å². The van der Waals surface area contributed by atoms with Crippen molar-refractivity contribution in [1.82, 2.24) is 29.7 Å². The Morgan fingerprint density at radius 2 is 1.88 bits per heavy atom. The van der Waals surface area contributed by atoms with E-state index in [9.17, 15) is 0 Å². The summed E-state index contributed by atoms with van der Waals surface area (Å²) in [6, 6.07) is 10.1. The maximum atomic E-state index is 5.78. The molecule has 3 aromatic rings. The molecule has 0 unspecified atom stereocenters. The third kappa shape index (κ3) is 3.62. The van der Waals surface area contributed by atoms with Gasteiger partial charge in [-0.25, -0.2) is 9.67 Å². The summed E-state index contributed by atoms with van der Waals surface area (Å²) in [5.74, 6) is 3.47. The van der Waals surface area contributed by atoms with Gasteiger partial charge in [0.05, 0.1) is 11.4 Å². The van der Waals surface area contributed by atoms with Crippen LogP contribution in [0.25, 0.3) is 5.69 Å². The van der Waals surface area contributed by atoms with Gasteiger partial charge in [0.15, 0.2) is 0 Å². The standard InChI is InChI=1S/C17H20N8S/c1-24(2)16-20-13(19-15(18)22-16)10-26-17-21-14(11-8-9-11)25(23-17)12-6-4-3-5-7-12/h3-7,11H,8-10H2,1-2H3,(H2,18,19,20,22). The van der Waals surface area contributed by atoms with Gasteiger partial charge in [-0.05, 0) is 25.0 Å². The van der Waals surface area contributed by atoms with Gasteiger partial charge in [0, 0.05) is 20.0 Å². The number of nitrogen functional groups attached to an aromatic ring is 1. The van der Waals surface area contributed by atoms with E-state index < -0.39 is 0 Å². The van der Waals surface area contributed by atoms with Crippen molar-refractivity contribution < 1.29 is 0 Å². The third-order valence-corrected chi connectivity index (χ3v) is 4.81. The van der Waals surface area contributed by atoms with E-state index in [0.29, 0.717) is 23.4 Å². The molecule has 4 rings (SSSR count). The van der Waals surface area contributed by atoms with E-state index in [2.05, 4.69) is 15.0 Å². The molecule has 2 heterocycles. The number of anilines is 2. The third-order valence-electron chi connectivity index (χ3n) is 3.97. The minimum atomic E-state index is 0.223. The van der Waals surface area contributed by atoms with E-state index in [1.54, 1.807) is 4.90 Å². The lowest BCUT2D eigenvalue weighted by Gasteiger charge is -2.10. The molecule has 1 saturated carbocycles. The molecule has 1 aliphatic rings. The highest BCUT2D eigenvalue weighted by Crippen LogP contribution is 2.40. The molecule has 0 atom stereocenters. The van der Waals surface area contributed by atoms with Crippen LogP contribution in [-0.4, -0.2) is 43.8 Å². The number of thioether (sulfide) groups is 1. The molecule has 1 aromatic carbocycles. The maximum Gasteiger partial charge on any atom is 0.229 e. The molecule has 134 valence electrons. The van der Waals surface area contributed by atoms with Gasteiger partial charge in [0.1, 0.15) is 11.6 Å². The minimum Gasteiger partial charge on any atom is -0.368 e. The number of nitrogens with zero attached hydrogens (tertiary/aromatic N) is 7. The normalized spacial score (nSPS) is 13.8. The van der Waals surface area contributed by atoms with Crippen LogP contribution in [0.2, 0.25) is 0 Å². The summed E-state index contributed by atoms with van der Waals surface area (Å²) >= 11 is 1.51. The predicted octanol–water partition coefficient (Wildman–Crippen LogP) is 2.27. The van der Waals surface area contributed by atoms with Crippen molar-refractivity contribution in [2.24, 2.45) is 0 Å². The zero-order valence-corrected chi connectivity index (χ0v) is 15.5. The quantitative estimate of drug-likeness (QED) is 0.662. The number of hydrogen-bond donors (Lipinski definition) is 1. The average molecular weight is 368 g/mol. The van der Waals surface area contributed by atoms with Crippen molar-refractivity contribution in [3.8, 4) is 5.69 Å². The molecule has 0 spiro atoms. The Labute approximate surface area is 155 Å². The van der Waals surface area contributed by atoms with Crippen LogP contribution in [0.3, 0.4) is 0 Å². The average Bonchev–Trinajstić information content (AvgIpc) is 3.40. The number of nitrogens with two attached hydrogens (primary N) is 1. The van der Waals surface area contributed by atoms with Crippen LogP contribution in [-0.2, 0) is 5.75 Å². The highest BCUT2D eigenvalue weighted by atomic mass is 32.2. The monoisotopic (exact) mass is 368 g/mol. The van der Waals surface area contributed by atoms with Crippen molar-refractivity contribution >= 4 is 23.7 Å². The van der Waals surface area contributed by atoms with Gasteiger partial charge >= 0.3 is 0 Å². The van der Waals surface area contributed by atoms with Crippen molar-refractivity contribution in [1.29, 1.82) is 0 Å². The number of benzene rings is 1. The molecule has 0 saturated heterocycles. The Morgan fingerprint density at radius 1 is 1.12 bits per heavy atom. The summed E-state index contributed by atoms with van der Waals surface area (Å²) in [4.78, 5) is 19.3. The molecule has 1 aliphatic carbocycles. The van der Waals surface area contributed by atoms with Gasteiger partial charge in [-0.1, -0.05) is 30.0 Å². The topological polar surface area (TPSA) is 98.6 Å². The van der Waals surface area contributed by atoms with E-state index in [1.165, 1.54) is 24.6 Å². The molecule has 0 aliphatic heterocycles. The van der Waals surface area contributed by atoms with Crippen molar-refractivity contribution in [3.05, 3.63) is 42.0 Å². The fourth-order valence-electron chi connectivity index (χ4n) is 2.55. The first-order chi connectivity index (χ1) is 12.6. The number of rotatable bonds is 6. The minimum absolute atomic E-state index is 0.223. The second kappa shape index (κ2) is 6.91. The number of hydrogen-bond acceptors (Lipinski definition) is 8. The maximum absolute atomic E-state index is 5.78. The summed E-state index contributed by atoms with van der Waals surface area (Å²) in [6.07, 6.45) is 2.34. The number of aromatic nitrogens is 6. The van der Waals surface area contributed by atoms with Gasteiger partial charge in [-0.2, -0.15) is 15.0 Å². The Hall–Kier alpha value is -2.68. The van der Waals surface area contributed by atoms with Crippen LogP contribution in [0.5, 0.6) is 0 Å². The lowest BCUT2D eigenvalue weighted by Crippen LogP contribution is -2.15. The van der Waals surface area contributed by atoms with Gasteiger partial charge in [0.25, 0.3) is 0 Å². The summed E-state index contributed by atoms with van der Waals surface area (Å²) in [5.41, 5.74) is 6.82. The van der Waals surface area contributed by atoms with Gasteiger partial charge in [0.2, 0.25) is 17.1 Å². The van der Waals surface area contributed by atoms with Crippen molar-refractivity contribution in [3.63, 3.8) is 0 Å². The highest BCUT2D eigenvalue weighted by molar-refractivity contribution is 7.98. The lowest BCUT2D eigenvalue weighted by atomic mass is 10.3. The van der Waals surface area contributed by atoms with Crippen molar-refractivity contribution in [2.75, 3.05) is 24.7 Å². The Bertz CT molecular complexity index is 904. The lowest BCUT2D eigenvalue weighted by molar-refractivity contribution is 0.782.